The van der Waals surface area contributed by atoms with Gasteiger partial charge in [-0.05, 0) is 19.1 Å². The Morgan fingerprint density at radius 1 is 1.57 bits per heavy atom. The number of ether oxygens (including phenoxy) is 2. The van der Waals surface area contributed by atoms with E-state index in [4.69, 9.17) is 9.47 Å². The fourth-order valence-electron chi connectivity index (χ4n) is 0.980. The zero-order valence-electron chi connectivity index (χ0n) is 8.32. The molecule has 0 fully saturated rings. The van der Waals surface area contributed by atoms with Crippen LogP contribution in [0.2, 0.25) is 0 Å². The molecule has 1 aromatic heterocycles. The first kappa shape index (κ1) is 10.5. The van der Waals surface area contributed by atoms with Crippen LogP contribution in [-0.2, 0) is 16.1 Å². The molecule has 0 saturated heterocycles. The van der Waals surface area contributed by atoms with Crippen LogP contribution >= 0.6 is 0 Å². The zero-order valence-corrected chi connectivity index (χ0v) is 8.32. The minimum Gasteiger partial charge on any atom is -0.478 e. The van der Waals surface area contributed by atoms with Crippen LogP contribution in [-0.4, -0.2) is 17.6 Å². The molecule has 76 valence electrons. The molecule has 0 aliphatic heterocycles. The average Bonchev–Trinajstić information content (AvgIpc) is 2.17. The predicted molar refractivity (Wildman–Crippen MR) is 50.9 cm³/mol. The minimum absolute atomic E-state index is 0.207. The van der Waals surface area contributed by atoms with Crippen molar-refractivity contribution in [3.63, 3.8) is 0 Å². The summed E-state index contributed by atoms with van der Waals surface area (Å²) in [5.41, 5.74) is 0.782. The quantitative estimate of drug-likeness (QED) is 0.684. The summed E-state index contributed by atoms with van der Waals surface area (Å²) >= 11 is 0. The molecule has 4 nitrogen and oxygen atoms in total. The lowest BCUT2D eigenvalue weighted by molar-refractivity contribution is -0.142. The normalized spacial score (nSPS) is 9.57. The molecule has 0 bridgehead atoms. The molecule has 1 heterocycles. The van der Waals surface area contributed by atoms with E-state index in [-0.39, 0.29) is 12.6 Å². The maximum Gasteiger partial charge on any atom is 0.302 e. The molecular weight excluding hydrogens is 182 g/mol. The molecule has 14 heavy (non-hydrogen) atoms. The highest BCUT2D eigenvalue weighted by Crippen LogP contribution is 2.15. The van der Waals surface area contributed by atoms with E-state index in [0.717, 1.165) is 5.56 Å². The minimum atomic E-state index is -0.309. The number of hydrogen-bond acceptors (Lipinski definition) is 4. The van der Waals surface area contributed by atoms with Crippen LogP contribution in [0.25, 0.3) is 0 Å². The zero-order chi connectivity index (χ0) is 10.4. The van der Waals surface area contributed by atoms with E-state index < -0.39 is 0 Å². The predicted octanol–water partition coefficient (Wildman–Crippen LogP) is 1.54. The van der Waals surface area contributed by atoms with Crippen molar-refractivity contribution in [2.24, 2.45) is 0 Å². The van der Waals surface area contributed by atoms with Gasteiger partial charge < -0.3 is 9.47 Å². The summed E-state index contributed by atoms with van der Waals surface area (Å²) in [6.45, 7) is 4.00. The molecule has 4 heteroatoms. The summed E-state index contributed by atoms with van der Waals surface area (Å²) in [6, 6.07) is 3.60. The smallest absolute Gasteiger partial charge is 0.302 e. The van der Waals surface area contributed by atoms with Crippen molar-refractivity contribution < 1.29 is 14.3 Å². The molecule has 1 rings (SSSR count). The SMILES string of the molecule is CCOc1ncccc1COC(C)=O. The Morgan fingerprint density at radius 2 is 2.36 bits per heavy atom. The number of pyridine rings is 1. The standard InChI is InChI=1S/C10H13NO3/c1-3-13-10-9(5-4-6-11-10)7-14-8(2)12/h4-6H,3,7H2,1-2H3. The van der Waals surface area contributed by atoms with E-state index in [1.807, 2.05) is 13.0 Å². The van der Waals surface area contributed by atoms with Gasteiger partial charge in [-0.15, -0.1) is 0 Å². The second-order valence-electron chi connectivity index (χ2n) is 2.68. The third-order valence-corrected chi connectivity index (χ3v) is 1.56. The summed E-state index contributed by atoms with van der Waals surface area (Å²) in [4.78, 5) is 14.6. The lowest BCUT2D eigenvalue weighted by Crippen LogP contribution is -2.03. The molecular formula is C10H13NO3. The van der Waals surface area contributed by atoms with Crippen molar-refractivity contribution in [3.05, 3.63) is 23.9 Å². The molecule has 0 atom stereocenters. The Balaban J connectivity index is 2.68. The maximum atomic E-state index is 10.6. The number of hydrogen-bond donors (Lipinski definition) is 0. The van der Waals surface area contributed by atoms with E-state index in [1.165, 1.54) is 6.92 Å². The van der Waals surface area contributed by atoms with Gasteiger partial charge in [-0.25, -0.2) is 4.98 Å². The van der Waals surface area contributed by atoms with Gasteiger partial charge in [-0.1, -0.05) is 0 Å². The van der Waals surface area contributed by atoms with Gasteiger partial charge in [0, 0.05) is 13.1 Å². The van der Waals surface area contributed by atoms with Crippen LogP contribution < -0.4 is 4.74 Å². The second kappa shape index (κ2) is 5.21. The van der Waals surface area contributed by atoms with Crippen LogP contribution in [0, 0.1) is 0 Å². The van der Waals surface area contributed by atoms with Gasteiger partial charge in [0.05, 0.1) is 12.2 Å². The van der Waals surface area contributed by atoms with E-state index >= 15 is 0 Å². The summed E-state index contributed by atoms with van der Waals surface area (Å²) < 4.78 is 10.1. The Hall–Kier alpha value is -1.58. The highest BCUT2D eigenvalue weighted by molar-refractivity contribution is 5.65. The van der Waals surface area contributed by atoms with Gasteiger partial charge in [0.15, 0.2) is 0 Å². The number of carbonyl (C=O) groups excluding carboxylic acids is 1. The second-order valence-corrected chi connectivity index (χ2v) is 2.68. The topological polar surface area (TPSA) is 48.4 Å². The highest BCUT2D eigenvalue weighted by Gasteiger charge is 2.04. The fraction of sp³-hybridized carbons (Fsp3) is 0.400. The first-order valence-corrected chi connectivity index (χ1v) is 4.44. The van der Waals surface area contributed by atoms with Crippen molar-refractivity contribution >= 4 is 5.97 Å². The first-order chi connectivity index (χ1) is 6.74. The Labute approximate surface area is 82.9 Å². The Morgan fingerprint density at radius 3 is 3.00 bits per heavy atom. The Kier molecular flexibility index (Phi) is 3.91. The van der Waals surface area contributed by atoms with Crippen LogP contribution in [0.3, 0.4) is 0 Å². The third-order valence-electron chi connectivity index (χ3n) is 1.56. The molecule has 0 unspecified atom stereocenters. The summed E-state index contributed by atoms with van der Waals surface area (Å²) in [5, 5.41) is 0. The monoisotopic (exact) mass is 195 g/mol. The number of esters is 1. The Bertz CT molecular complexity index is 312. The van der Waals surface area contributed by atoms with Crippen molar-refractivity contribution in [2.75, 3.05) is 6.61 Å². The van der Waals surface area contributed by atoms with Gasteiger partial charge in [-0.2, -0.15) is 0 Å². The summed E-state index contributed by atoms with van der Waals surface area (Å²) in [7, 11) is 0. The largest absolute Gasteiger partial charge is 0.478 e. The molecule has 0 saturated carbocycles. The van der Waals surface area contributed by atoms with Crippen LogP contribution in [0.4, 0.5) is 0 Å². The van der Waals surface area contributed by atoms with E-state index in [9.17, 15) is 4.79 Å². The summed E-state index contributed by atoms with van der Waals surface area (Å²) in [5.74, 6) is 0.215. The molecule has 0 aromatic carbocycles. The van der Waals surface area contributed by atoms with Crippen molar-refractivity contribution in [2.45, 2.75) is 20.5 Å². The summed E-state index contributed by atoms with van der Waals surface area (Å²) in [6.07, 6.45) is 1.64. The van der Waals surface area contributed by atoms with E-state index in [1.54, 1.807) is 12.3 Å². The maximum absolute atomic E-state index is 10.6. The van der Waals surface area contributed by atoms with Gasteiger partial charge in [-0.3, -0.25) is 4.79 Å². The molecule has 0 spiro atoms. The van der Waals surface area contributed by atoms with Crippen LogP contribution in [0.1, 0.15) is 19.4 Å². The van der Waals surface area contributed by atoms with Crippen LogP contribution in [0.5, 0.6) is 5.88 Å². The molecule has 0 amide bonds. The molecule has 0 aliphatic carbocycles. The fourth-order valence-corrected chi connectivity index (χ4v) is 0.980. The van der Waals surface area contributed by atoms with E-state index in [0.29, 0.717) is 12.5 Å². The van der Waals surface area contributed by atoms with Crippen molar-refractivity contribution in [1.82, 2.24) is 4.98 Å². The van der Waals surface area contributed by atoms with Crippen molar-refractivity contribution in [3.8, 4) is 5.88 Å². The molecule has 0 N–H and O–H groups in total. The van der Waals surface area contributed by atoms with E-state index in [2.05, 4.69) is 4.98 Å². The molecule has 0 aliphatic rings. The van der Waals surface area contributed by atoms with Crippen molar-refractivity contribution in [1.29, 1.82) is 0 Å². The van der Waals surface area contributed by atoms with Gasteiger partial charge >= 0.3 is 5.97 Å². The highest BCUT2D eigenvalue weighted by atomic mass is 16.5. The lowest BCUT2D eigenvalue weighted by Gasteiger charge is -2.07. The molecule has 0 radical (unpaired) electrons. The van der Waals surface area contributed by atoms with Gasteiger partial charge in [0.1, 0.15) is 6.61 Å². The van der Waals surface area contributed by atoms with Gasteiger partial charge in [0.2, 0.25) is 5.88 Å². The first-order valence-electron chi connectivity index (χ1n) is 4.44. The molecule has 1 aromatic rings. The third kappa shape index (κ3) is 3.05. The number of carbonyl (C=O) groups is 1. The van der Waals surface area contributed by atoms with Crippen LogP contribution in [0.15, 0.2) is 18.3 Å². The van der Waals surface area contributed by atoms with Gasteiger partial charge in [0.25, 0.3) is 0 Å². The number of nitrogens with zero attached hydrogens (tertiary/aromatic N) is 1. The number of rotatable bonds is 4. The number of aromatic nitrogens is 1. The lowest BCUT2D eigenvalue weighted by atomic mass is 10.3. The average molecular weight is 195 g/mol.